The quantitative estimate of drug-likeness (QED) is 0.414. The molecule has 8 heteroatoms. The normalized spacial score (nSPS) is 19.0. The number of benzene rings is 2. The van der Waals surface area contributed by atoms with Crippen LogP contribution in [-0.4, -0.2) is 41.3 Å². The van der Waals surface area contributed by atoms with Gasteiger partial charge in [-0.15, -0.1) is 0 Å². The van der Waals surface area contributed by atoms with E-state index in [-0.39, 0.29) is 12.1 Å². The van der Waals surface area contributed by atoms with Crippen LogP contribution in [0, 0.1) is 0 Å². The van der Waals surface area contributed by atoms with Crippen molar-refractivity contribution in [1.29, 1.82) is 0 Å². The Kier molecular flexibility index (Phi) is 4.88. The Morgan fingerprint density at radius 2 is 2.00 bits per heavy atom. The first-order chi connectivity index (χ1) is 15.7. The van der Waals surface area contributed by atoms with Crippen LogP contribution in [0.2, 0.25) is 0 Å². The van der Waals surface area contributed by atoms with E-state index < -0.39 is 0 Å². The fourth-order valence-electron chi connectivity index (χ4n) is 4.51. The second-order valence-electron chi connectivity index (χ2n) is 8.44. The minimum Gasteiger partial charge on any atom is -0.391 e. The van der Waals surface area contributed by atoms with E-state index in [4.69, 9.17) is 4.98 Å². The van der Waals surface area contributed by atoms with Gasteiger partial charge in [0.05, 0.1) is 46.1 Å². The van der Waals surface area contributed by atoms with Gasteiger partial charge in [-0.05, 0) is 48.7 Å². The van der Waals surface area contributed by atoms with Crippen LogP contribution in [0.25, 0.3) is 26.9 Å². The van der Waals surface area contributed by atoms with Crippen molar-refractivity contribution in [2.24, 2.45) is 0 Å². The van der Waals surface area contributed by atoms with Gasteiger partial charge in [0, 0.05) is 24.6 Å². The molecule has 0 spiro atoms. The fraction of sp³-hybridized carbons (Fsp3) is 0.292. The van der Waals surface area contributed by atoms with Gasteiger partial charge in [-0.3, -0.25) is 0 Å². The molecule has 7 nitrogen and oxygen atoms in total. The first-order valence-electron chi connectivity index (χ1n) is 11.0. The fourth-order valence-corrected chi connectivity index (χ4v) is 5.51. The lowest BCUT2D eigenvalue weighted by Crippen LogP contribution is -2.36. The van der Waals surface area contributed by atoms with Crippen LogP contribution in [0.5, 0.6) is 0 Å². The van der Waals surface area contributed by atoms with Gasteiger partial charge in [0.1, 0.15) is 0 Å². The Morgan fingerprint density at radius 1 is 1.06 bits per heavy atom. The van der Waals surface area contributed by atoms with Crippen molar-refractivity contribution < 1.29 is 5.11 Å². The summed E-state index contributed by atoms with van der Waals surface area (Å²) in [5.41, 5.74) is 5.32. The number of nitrogens with zero attached hydrogens (tertiary/aromatic N) is 5. The summed E-state index contributed by atoms with van der Waals surface area (Å²) < 4.78 is 5.31. The monoisotopic (exact) mass is 444 g/mol. The number of thiazole rings is 1. The van der Waals surface area contributed by atoms with Crippen molar-refractivity contribution in [3.63, 3.8) is 0 Å². The van der Waals surface area contributed by atoms with E-state index in [0.717, 1.165) is 64.3 Å². The molecule has 3 aromatic heterocycles. The minimum absolute atomic E-state index is 0.105. The number of nitrogens with one attached hydrogen (secondary N) is 1. The summed E-state index contributed by atoms with van der Waals surface area (Å²) in [6.45, 7) is 0.749. The van der Waals surface area contributed by atoms with Crippen LogP contribution in [0.15, 0.2) is 61.4 Å². The van der Waals surface area contributed by atoms with E-state index in [1.54, 1.807) is 23.9 Å². The predicted molar refractivity (Wildman–Crippen MR) is 127 cm³/mol. The number of rotatable bonds is 5. The van der Waals surface area contributed by atoms with Crippen molar-refractivity contribution >= 4 is 37.7 Å². The van der Waals surface area contributed by atoms with Crippen LogP contribution in [0.1, 0.15) is 31.2 Å². The third-order valence-electron chi connectivity index (χ3n) is 6.25. The number of imidazole rings is 2. The molecule has 0 saturated heterocycles. The summed E-state index contributed by atoms with van der Waals surface area (Å²) in [5.74, 6) is 0. The highest BCUT2D eigenvalue weighted by molar-refractivity contribution is 7.22. The first kappa shape index (κ1) is 19.5. The molecule has 0 bridgehead atoms. The number of fused-ring (bicyclic) bond motifs is 2. The van der Waals surface area contributed by atoms with E-state index in [1.165, 1.54) is 5.56 Å². The zero-order valence-electron chi connectivity index (χ0n) is 17.6. The zero-order chi connectivity index (χ0) is 21.5. The molecular weight excluding hydrogens is 420 g/mol. The number of aliphatic hydroxyl groups excluding tert-OH is 1. The third kappa shape index (κ3) is 3.65. The zero-order valence-corrected chi connectivity index (χ0v) is 18.4. The summed E-state index contributed by atoms with van der Waals surface area (Å²) in [5, 5.41) is 14.6. The number of hydrogen-bond acceptors (Lipinski definition) is 6. The van der Waals surface area contributed by atoms with Gasteiger partial charge in [0.15, 0.2) is 5.13 Å². The SMILES string of the molecule is O[C@@H]1CCCC[C@H]1Nc1nc2ccc(Cn3cnc4cc(-n5ccnc5)ccc43)cc2s1. The second-order valence-corrected chi connectivity index (χ2v) is 9.47. The molecule has 2 atom stereocenters. The summed E-state index contributed by atoms with van der Waals surface area (Å²) in [4.78, 5) is 13.5. The molecule has 0 unspecified atom stereocenters. The molecule has 0 radical (unpaired) electrons. The lowest BCUT2D eigenvalue weighted by atomic mass is 9.93. The van der Waals surface area contributed by atoms with Gasteiger partial charge in [-0.1, -0.05) is 30.2 Å². The number of hydrogen-bond donors (Lipinski definition) is 2. The van der Waals surface area contributed by atoms with Crippen LogP contribution < -0.4 is 5.32 Å². The summed E-state index contributed by atoms with van der Waals surface area (Å²) >= 11 is 1.66. The van der Waals surface area contributed by atoms with Gasteiger partial charge >= 0.3 is 0 Å². The molecule has 0 amide bonds. The van der Waals surface area contributed by atoms with Crippen LogP contribution >= 0.6 is 11.3 Å². The Hall–Kier alpha value is -3.23. The molecule has 6 rings (SSSR count). The number of aliphatic hydroxyl groups is 1. The van der Waals surface area contributed by atoms with Gasteiger partial charge < -0.3 is 19.6 Å². The van der Waals surface area contributed by atoms with Crippen LogP contribution in [-0.2, 0) is 6.54 Å². The Labute approximate surface area is 189 Å². The Morgan fingerprint density at radius 3 is 2.88 bits per heavy atom. The predicted octanol–water partition coefficient (Wildman–Crippen LogP) is 4.60. The largest absolute Gasteiger partial charge is 0.391 e. The summed E-state index contributed by atoms with van der Waals surface area (Å²) in [7, 11) is 0. The maximum atomic E-state index is 10.3. The molecule has 1 fully saturated rings. The maximum Gasteiger partial charge on any atom is 0.184 e. The van der Waals surface area contributed by atoms with Crippen molar-refractivity contribution in [3.8, 4) is 5.69 Å². The van der Waals surface area contributed by atoms with Gasteiger partial charge in [-0.2, -0.15) is 0 Å². The molecular formula is C24H24N6OS. The van der Waals surface area contributed by atoms with Gasteiger partial charge in [0.2, 0.25) is 0 Å². The van der Waals surface area contributed by atoms with E-state index in [2.05, 4.69) is 56.3 Å². The highest BCUT2D eigenvalue weighted by Gasteiger charge is 2.23. The Balaban J connectivity index is 1.23. The maximum absolute atomic E-state index is 10.3. The van der Waals surface area contributed by atoms with Gasteiger partial charge in [-0.25, -0.2) is 15.0 Å². The lowest BCUT2D eigenvalue weighted by Gasteiger charge is -2.27. The van der Waals surface area contributed by atoms with E-state index >= 15 is 0 Å². The molecule has 2 N–H and O–H groups in total. The molecule has 5 aromatic rings. The number of anilines is 1. The molecule has 3 heterocycles. The molecule has 2 aromatic carbocycles. The standard InChI is InChI=1S/C24H24N6OS/c31-22-4-2-1-3-18(22)27-24-28-19-7-5-16(11-23(19)32-24)13-30-15-26-20-12-17(6-8-21(20)30)29-10-9-25-14-29/h5-12,14-15,18,22,31H,1-4,13H2,(H,27,28)/t18-,22-/m1/s1. The van der Waals surface area contributed by atoms with Crippen LogP contribution in [0.3, 0.4) is 0 Å². The molecule has 1 aliphatic carbocycles. The Bertz CT molecular complexity index is 1370. The molecule has 1 aliphatic rings. The average Bonchev–Trinajstić information content (AvgIpc) is 3.55. The van der Waals surface area contributed by atoms with E-state index in [0.29, 0.717) is 0 Å². The number of aromatic nitrogens is 5. The van der Waals surface area contributed by atoms with Gasteiger partial charge in [0.25, 0.3) is 0 Å². The first-order valence-corrected chi connectivity index (χ1v) is 11.8. The highest BCUT2D eigenvalue weighted by atomic mass is 32.1. The van der Waals surface area contributed by atoms with Crippen molar-refractivity contribution in [3.05, 3.63) is 67.0 Å². The van der Waals surface area contributed by atoms with Crippen molar-refractivity contribution in [2.45, 2.75) is 44.4 Å². The summed E-state index contributed by atoms with van der Waals surface area (Å²) in [6, 6.07) is 12.8. The van der Waals surface area contributed by atoms with Crippen molar-refractivity contribution in [1.82, 2.24) is 24.1 Å². The smallest absolute Gasteiger partial charge is 0.184 e. The van der Waals surface area contributed by atoms with Crippen LogP contribution in [0.4, 0.5) is 5.13 Å². The molecule has 32 heavy (non-hydrogen) atoms. The minimum atomic E-state index is -0.282. The second kappa shape index (κ2) is 8.03. The topological polar surface area (TPSA) is 80.8 Å². The average molecular weight is 445 g/mol. The van der Waals surface area contributed by atoms with E-state index in [1.807, 2.05) is 17.1 Å². The molecule has 1 saturated carbocycles. The van der Waals surface area contributed by atoms with E-state index in [9.17, 15) is 5.11 Å². The molecule has 162 valence electrons. The van der Waals surface area contributed by atoms with Crippen molar-refractivity contribution in [2.75, 3.05) is 5.32 Å². The lowest BCUT2D eigenvalue weighted by molar-refractivity contribution is 0.116. The summed E-state index contributed by atoms with van der Waals surface area (Å²) in [6.07, 6.45) is 11.3. The third-order valence-corrected chi connectivity index (χ3v) is 7.20. The highest BCUT2D eigenvalue weighted by Crippen LogP contribution is 2.30. The molecule has 0 aliphatic heterocycles.